The average Bonchev–Trinajstić information content (AvgIpc) is 3.21. The van der Waals surface area contributed by atoms with Gasteiger partial charge >= 0.3 is 0 Å². The molecule has 0 unspecified atom stereocenters. The normalized spacial score (nSPS) is 18.9. The summed E-state index contributed by atoms with van der Waals surface area (Å²) in [5.74, 6) is 0.00469. The van der Waals surface area contributed by atoms with Gasteiger partial charge in [-0.2, -0.15) is 4.39 Å². The molecule has 7 nitrogen and oxygen atoms in total. The lowest BCUT2D eigenvalue weighted by atomic mass is 9.82. The Morgan fingerprint density at radius 1 is 1.24 bits per heavy atom. The standard InChI is InChI=1S/C21H20FN5O2/c1-12-19(24-25-27(12)18-3-2-6-23-20(18)22)14-4-5-17-15(9-14)11-26(21(17)29)10-13-7-16(28)8-13/h2-6,9,11,13,16,28-29H,7-8,10H2,1H3. The highest BCUT2D eigenvalue weighted by molar-refractivity contribution is 5.91. The van der Waals surface area contributed by atoms with Crippen molar-refractivity contribution in [2.24, 2.45) is 5.92 Å². The van der Waals surface area contributed by atoms with Crippen molar-refractivity contribution in [3.63, 3.8) is 0 Å². The van der Waals surface area contributed by atoms with Crippen LogP contribution in [-0.4, -0.2) is 40.9 Å². The number of halogens is 1. The smallest absolute Gasteiger partial charge is 0.238 e. The maximum atomic E-state index is 14.0. The minimum atomic E-state index is -0.606. The number of pyridine rings is 1. The number of aromatic hydroxyl groups is 1. The van der Waals surface area contributed by atoms with Gasteiger partial charge in [-0.25, -0.2) is 9.67 Å². The number of benzene rings is 1. The molecular formula is C21H20FN5O2. The Kier molecular flexibility index (Phi) is 4.09. The van der Waals surface area contributed by atoms with Crippen LogP contribution in [0.15, 0.2) is 42.7 Å². The van der Waals surface area contributed by atoms with E-state index in [1.54, 1.807) is 12.1 Å². The highest BCUT2D eigenvalue weighted by Crippen LogP contribution is 2.35. The van der Waals surface area contributed by atoms with Gasteiger partial charge in [0.2, 0.25) is 5.95 Å². The molecule has 0 amide bonds. The molecule has 3 aromatic heterocycles. The van der Waals surface area contributed by atoms with Gasteiger partial charge in [0.05, 0.1) is 11.8 Å². The molecule has 4 aromatic rings. The highest BCUT2D eigenvalue weighted by Gasteiger charge is 2.28. The summed E-state index contributed by atoms with van der Waals surface area (Å²) in [6.07, 6.45) is 4.63. The number of aliphatic hydroxyl groups excluding tert-OH is 1. The Balaban J connectivity index is 1.50. The zero-order chi connectivity index (χ0) is 20.1. The van der Waals surface area contributed by atoms with Gasteiger partial charge < -0.3 is 14.8 Å². The van der Waals surface area contributed by atoms with Crippen LogP contribution in [0.2, 0.25) is 0 Å². The number of hydrogen-bond acceptors (Lipinski definition) is 5. The number of aromatic nitrogens is 5. The third-order valence-corrected chi connectivity index (χ3v) is 5.66. The molecule has 0 radical (unpaired) electrons. The van der Waals surface area contributed by atoms with E-state index >= 15 is 0 Å². The summed E-state index contributed by atoms with van der Waals surface area (Å²) in [7, 11) is 0. The lowest BCUT2D eigenvalue weighted by Gasteiger charge is -2.31. The number of nitrogens with zero attached hydrogens (tertiary/aromatic N) is 5. The fourth-order valence-corrected chi connectivity index (χ4v) is 4.03. The van der Waals surface area contributed by atoms with Crippen molar-refractivity contribution in [1.29, 1.82) is 0 Å². The van der Waals surface area contributed by atoms with E-state index in [-0.39, 0.29) is 17.7 Å². The molecule has 3 heterocycles. The second-order valence-corrected chi connectivity index (χ2v) is 7.65. The molecule has 5 rings (SSSR count). The van der Waals surface area contributed by atoms with E-state index < -0.39 is 5.95 Å². The molecule has 1 aliphatic carbocycles. The van der Waals surface area contributed by atoms with E-state index in [0.29, 0.717) is 23.9 Å². The number of rotatable bonds is 4. The third kappa shape index (κ3) is 2.96. The predicted molar refractivity (Wildman–Crippen MR) is 105 cm³/mol. The lowest BCUT2D eigenvalue weighted by molar-refractivity contribution is 0.0344. The fourth-order valence-electron chi connectivity index (χ4n) is 4.03. The van der Waals surface area contributed by atoms with Gasteiger partial charge in [0.25, 0.3) is 0 Å². The molecule has 0 spiro atoms. The van der Waals surface area contributed by atoms with E-state index in [4.69, 9.17) is 0 Å². The van der Waals surface area contributed by atoms with Gasteiger partial charge in [-0.05, 0) is 49.9 Å². The number of aliphatic hydroxyl groups is 1. The van der Waals surface area contributed by atoms with Crippen LogP contribution in [0.5, 0.6) is 5.88 Å². The Bertz CT molecular complexity index is 1210. The topological polar surface area (TPSA) is 89.0 Å². The zero-order valence-corrected chi connectivity index (χ0v) is 15.8. The SMILES string of the molecule is Cc1c(-c2ccc3c(O)n(CC4CC(O)C4)cc3c2)nnn1-c1cccnc1F. The Labute approximate surface area is 166 Å². The lowest BCUT2D eigenvalue weighted by Crippen LogP contribution is -2.31. The van der Waals surface area contributed by atoms with Crippen molar-refractivity contribution in [2.75, 3.05) is 0 Å². The molecule has 1 aliphatic rings. The summed E-state index contributed by atoms with van der Waals surface area (Å²) in [6, 6.07) is 8.93. The largest absolute Gasteiger partial charge is 0.494 e. The minimum absolute atomic E-state index is 0.214. The molecular weight excluding hydrogens is 373 g/mol. The number of fused-ring (bicyclic) bond motifs is 1. The summed E-state index contributed by atoms with van der Waals surface area (Å²) in [5.41, 5.74) is 2.42. The third-order valence-electron chi connectivity index (χ3n) is 5.66. The first-order valence-corrected chi connectivity index (χ1v) is 9.54. The maximum Gasteiger partial charge on any atom is 0.238 e. The average molecular weight is 393 g/mol. The Hall–Kier alpha value is -3.26. The van der Waals surface area contributed by atoms with E-state index in [0.717, 1.165) is 29.2 Å². The van der Waals surface area contributed by atoms with Crippen LogP contribution in [0.25, 0.3) is 27.7 Å². The first-order valence-electron chi connectivity index (χ1n) is 9.54. The predicted octanol–water partition coefficient (Wildman–Crippen LogP) is 3.21. The van der Waals surface area contributed by atoms with Crippen molar-refractivity contribution in [1.82, 2.24) is 24.5 Å². The monoisotopic (exact) mass is 393 g/mol. The summed E-state index contributed by atoms with van der Waals surface area (Å²) in [6.45, 7) is 2.51. The molecule has 29 heavy (non-hydrogen) atoms. The zero-order valence-electron chi connectivity index (χ0n) is 15.8. The molecule has 8 heteroatoms. The summed E-state index contributed by atoms with van der Waals surface area (Å²) >= 11 is 0. The molecule has 1 fully saturated rings. The maximum absolute atomic E-state index is 14.0. The van der Waals surface area contributed by atoms with Crippen molar-refractivity contribution >= 4 is 10.8 Å². The van der Waals surface area contributed by atoms with Crippen LogP contribution < -0.4 is 0 Å². The minimum Gasteiger partial charge on any atom is -0.494 e. The molecule has 2 N–H and O–H groups in total. The van der Waals surface area contributed by atoms with E-state index in [1.807, 2.05) is 35.9 Å². The fraction of sp³-hybridized carbons (Fsp3) is 0.286. The van der Waals surface area contributed by atoms with Crippen molar-refractivity contribution in [3.8, 4) is 22.8 Å². The van der Waals surface area contributed by atoms with E-state index in [2.05, 4.69) is 15.3 Å². The van der Waals surface area contributed by atoms with Gasteiger partial charge in [0, 0.05) is 35.3 Å². The van der Waals surface area contributed by atoms with Crippen molar-refractivity contribution < 1.29 is 14.6 Å². The molecule has 1 saturated carbocycles. The summed E-state index contributed by atoms with van der Waals surface area (Å²) < 4.78 is 17.3. The molecule has 0 atom stereocenters. The van der Waals surface area contributed by atoms with Crippen LogP contribution in [0.3, 0.4) is 0 Å². The molecule has 0 aliphatic heterocycles. The van der Waals surface area contributed by atoms with Crippen LogP contribution in [0, 0.1) is 18.8 Å². The Morgan fingerprint density at radius 2 is 2.07 bits per heavy atom. The molecule has 1 aromatic carbocycles. The summed E-state index contributed by atoms with van der Waals surface area (Å²) in [5, 5.41) is 30.0. The molecule has 148 valence electrons. The molecule has 0 bridgehead atoms. The first kappa shape index (κ1) is 17.8. The van der Waals surface area contributed by atoms with Crippen LogP contribution in [-0.2, 0) is 6.54 Å². The Morgan fingerprint density at radius 3 is 2.83 bits per heavy atom. The first-order chi connectivity index (χ1) is 14.0. The van der Waals surface area contributed by atoms with Gasteiger partial charge in [-0.3, -0.25) is 0 Å². The van der Waals surface area contributed by atoms with E-state index in [1.165, 1.54) is 10.9 Å². The van der Waals surface area contributed by atoms with Crippen molar-refractivity contribution in [3.05, 3.63) is 54.4 Å². The van der Waals surface area contributed by atoms with Gasteiger partial charge in [-0.15, -0.1) is 5.10 Å². The van der Waals surface area contributed by atoms with E-state index in [9.17, 15) is 14.6 Å². The van der Waals surface area contributed by atoms with Gasteiger partial charge in [0.1, 0.15) is 11.4 Å². The van der Waals surface area contributed by atoms with Crippen LogP contribution in [0.1, 0.15) is 18.5 Å². The van der Waals surface area contributed by atoms with Crippen LogP contribution in [0.4, 0.5) is 4.39 Å². The summed E-state index contributed by atoms with van der Waals surface area (Å²) in [4.78, 5) is 3.67. The molecule has 0 saturated heterocycles. The second-order valence-electron chi connectivity index (χ2n) is 7.65. The van der Waals surface area contributed by atoms with Gasteiger partial charge in [-0.1, -0.05) is 11.3 Å². The van der Waals surface area contributed by atoms with Crippen LogP contribution >= 0.6 is 0 Å². The second kappa shape index (κ2) is 6.66. The number of hydrogen-bond donors (Lipinski definition) is 2. The van der Waals surface area contributed by atoms with Gasteiger partial charge in [0.15, 0.2) is 5.88 Å². The van der Waals surface area contributed by atoms with Crippen molar-refractivity contribution in [2.45, 2.75) is 32.4 Å². The quantitative estimate of drug-likeness (QED) is 0.520. The highest BCUT2D eigenvalue weighted by atomic mass is 19.1.